The highest BCUT2D eigenvalue weighted by atomic mass is 35.5. The number of hydrogen-bond acceptors (Lipinski definition) is 5. The fraction of sp³-hybridized carbons (Fsp3) is 0.231. The smallest absolute Gasteiger partial charge is 0.433 e. The topological polar surface area (TPSA) is 77.5 Å². The minimum Gasteiger partial charge on any atom is -0.495 e. The number of nitrogens with zero attached hydrogens (tertiary/aromatic N) is 1. The van der Waals surface area contributed by atoms with Gasteiger partial charge in [0.1, 0.15) is 16.4 Å². The van der Waals surface area contributed by atoms with Crippen LogP contribution in [0, 0.1) is 10.1 Å². The molecule has 112 valence electrons. The van der Waals surface area contributed by atoms with Crippen molar-refractivity contribution in [3.05, 3.63) is 55.7 Å². The van der Waals surface area contributed by atoms with E-state index >= 15 is 0 Å². The van der Waals surface area contributed by atoms with Crippen LogP contribution in [-0.2, 0) is 0 Å². The first-order chi connectivity index (χ1) is 9.97. The molecule has 2 rings (SSSR count). The Kier molecular flexibility index (Phi) is 4.72. The minimum atomic E-state index is -0.598. The molecule has 8 heteroatoms. The first kappa shape index (κ1) is 15.6. The van der Waals surface area contributed by atoms with Crippen molar-refractivity contribution in [2.24, 2.45) is 0 Å². The van der Waals surface area contributed by atoms with Crippen LogP contribution in [0.25, 0.3) is 0 Å². The van der Waals surface area contributed by atoms with E-state index in [0.717, 1.165) is 0 Å². The molecule has 2 aromatic rings. The molecule has 21 heavy (non-hydrogen) atoms. The zero-order chi connectivity index (χ0) is 15.6. The second-order valence-electron chi connectivity index (χ2n) is 4.16. The minimum absolute atomic E-state index is 0.332. The molecule has 0 spiro atoms. The second-order valence-corrected chi connectivity index (χ2v) is 4.98. The normalized spacial score (nSPS) is 12.2. The number of furan rings is 1. The Labute approximate surface area is 130 Å². The van der Waals surface area contributed by atoms with Gasteiger partial charge in [-0.25, -0.2) is 0 Å². The van der Waals surface area contributed by atoms with Crippen LogP contribution in [0.4, 0.5) is 5.88 Å². The molecule has 6 nitrogen and oxygen atoms in total. The molecule has 0 amide bonds. The lowest BCUT2D eigenvalue weighted by atomic mass is 10.0. The van der Waals surface area contributed by atoms with Crippen LogP contribution in [0.15, 0.2) is 28.7 Å². The average molecular weight is 331 g/mol. The number of nitro groups is 1. The van der Waals surface area contributed by atoms with Crippen LogP contribution < -0.4 is 10.1 Å². The molecule has 1 unspecified atom stereocenters. The van der Waals surface area contributed by atoms with E-state index in [9.17, 15) is 10.1 Å². The van der Waals surface area contributed by atoms with Crippen LogP contribution in [0.3, 0.4) is 0 Å². The van der Waals surface area contributed by atoms with Gasteiger partial charge in [-0.05, 0) is 24.7 Å². The summed E-state index contributed by atoms with van der Waals surface area (Å²) in [5, 5.41) is 14.5. The number of nitrogens with one attached hydrogen (secondary N) is 1. The molecule has 0 aliphatic carbocycles. The van der Waals surface area contributed by atoms with E-state index in [1.54, 1.807) is 19.2 Å². The van der Waals surface area contributed by atoms with E-state index in [0.29, 0.717) is 27.1 Å². The molecule has 1 atom stereocenters. The number of hydrogen-bond donors (Lipinski definition) is 1. The van der Waals surface area contributed by atoms with E-state index in [1.807, 2.05) is 0 Å². The summed E-state index contributed by atoms with van der Waals surface area (Å²) >= 11 is 12.3. The summed E-state index contributed by atoms with van der Waals surface area (Å²) in [5.74, 6) is 0.485. The number of methoxy groups -OCH3 is 1. The van der Waals surface area contributed by atoms with Crippen molar-refractivity contribution in [3.8, 4) is 5.75 Å². The van der Waals surface area contributed by atoms with Gasteiger partial charge in [0.2, 0.25) is 0 Å². The highest BCUT2D eigenvalue weighted by Crippen LogP contribution is 2.37. The van der Waals surface area contributed by atoms with E-state index in [4.69, 9.17) is 32.4 Å². The third-order valence-corrected chi connectivity index (χ3v) is 3.57. The third-order valence-electron chi connectivity index (χ3n) is 2.95. The fourth-order valence-corrected chi connectivity index (χ4v) is 2.48. The van der Waals surface area contributed by atoms with E-state index in [2.05, 4.69) is 5.32 Å². The van der Waals surface area contributed by atoms with Gasteiger partial charge in [0.05, 0.1) is 24.2 Å². The standard InChI is InChI=1S/C13H12Cl2N2O4/c1-16-13(10-3-4-12(21-10)17(18)19)7-5-9(15)11(20-2)6-8(7)14/h3-6,13,16H,1-2H3. The van der Waals surface area contributed by atoms with Crippen molar-refractivity contribution < 1.29 is 14.1 Å². The molecule has 0 aliphatic rings. The molecule has 0 saturated carbocycles. The van der Waals surface area contributed by atoms with E-state index < -0.39 is 11.0 Å². The quantitative estimate of drug-likeness (QED) is 0.666. The Balaban J connectivity index is 2.45. The lowest BCUT2D eigenvalue weighted by Crippen LogP contribution is -2.17. The molecule has 1 heterocycles. The second kappa shape index (κ2) is 6.34. The Hall–Kier alpha value is -1.76. The largest absolute Gasteiger partial charge is 0.495 e. The number of rotatable bonds is 5. The summed E-state index contributed by atoms with van der Waals surface area (Å²) in [6.07, 6.45) is 0. The van der Waals surface area contributed by atoms with Gasteiger partial charge < -0.3 is 14.5 Å². The lowest BCUT2D eigenvalue weighted by molar-refractivity contribution is -0.402. The highest BCUT2D eigenvalue weighted by molar-refractivity contribution is 6.34. The molecule has 1 aromatic carbocycles. The van der Waals surface area contributed by atoms with E-state index in [-0.39, 0.29) is 5.88 Å². The number of benzene rings is 1. The summed E-state index contributed by atoms with van der Waals surface area (Å²) in [6.45, 7) is 0. The monoisotopic (exact) mass is 330 g/mol. The van der Waals surface area contributed by atoms with Gasteiger partial charge >= 0.3 is 5.88 Å². The van der Waals surface area contributed by atoms with Gasteiger partial charge in [-0.15, -0.1) is 0 Å². The molecule has 0 aliphatic heterocycles. The Morgan fingerprint density at radius 3 is 2.57 bits per heavy atom. The van der Waals surface area contributed by atoms with Gasteiger partial charge in [-0.1, -0.05) is 23.2 Å². The van der Waals surface area contributed by atoms with Crippen molar-refractivity contribution in [1.82, 2.24) is 5.32 Å². The van der Waals surface area contributed by atoms with Crippen LogP contribution >= 0.6 is 23.2 Å². The SMILES string of the molecule is CNC(c1ccc([N+](=O)[O-])o1)c1cc(Cl)c(OC)cc1Cl. The third kappa shape index (κ3) is 3.12. The summed E-state index contributed by atoms with van der Waals surface area (Å²) < 4.78 is 10.3. The number of halogens is 2. The van der Waals surface area contributed by atoms with Crippen LogP contribution in [0.2, 0.25) is 10.0 Å². The van der Waals surface area contributed by atoms with Crippen LogP contribution in [-0.4, -0.2) is 19.1 Å². The maximum absolute atomic E-state index is 10.7. The molecular formula is C13H12Cl2N2O4. The lowest BCUT2D eigenvalue weighted by Gasteiger charge is -2.17. The van der Waals surface area contributed by atoms with Crippen LogP contribution in [0.5, 0.6) is 5.75 Å². The van der Waals surface area contributed by atoms with Crippen molar-refractivity contribution >= 4 is 29.1 Å². The fourth-order valence-electron chi connectivity index (χ4n) is 1.97. The molecule has 1 aromatic heterocycles. The number of ether oxygens (including phenoxy) is 1. The van der Waals surface area contributed by atoms with Gasteiger partial charge in [-0.3, -0.25) is 10.1 Å². The summed E-state index contributed by atoms with van der Waals surface area (Å²) in [6, 6.07) is 5.57. The molecule has 0 fully saturated rings. The predicted molar refractivity (Wildman–Crippen MR) is 79.3 cm³/mol. The van der Waals surface area contributed by atoms with Crippen LogP contribution in [0.1, 0.15) is 17.4 Å². The zero-order valence-corrected chi connectivity index (χ0v) is 12.7. The van der Waals surface area contributed by atoms with E-state index in [1.165, 1.54) is 19.2 Å². The zero-order valence-electron chi connectivity index (χ0n) is 11.2. The van der Waals surface area contributed by atoms with Crippen molar-refractivity contribution in [3.63, 3.8) is 0 Å². The highest BCUT2D eigenvalue weighted by Gasteiger charge is 2.23. The van der Waals surface area contributed by atoms with Crippen molar-refractivity contribution in [2.75, 3.05) is 14.2 Å². The average Bonchev–Trinajstić information content (AvgIpc) is 2.93. The van der Waals surface area contributed by atoms with Crippen molar-refractivity contribution in [2.45, 2.75) is 6.04 Å². The maximum Gasteiger partial charge on any atom is 0.433 e. The first-order valence-electron chi connectivity index (χ1n) is 5.92. The Morgan fingerprint density at radius 2 is 2.05 bits per heavy atom. The molecule has 0 bridgehead atoms. The van der Waals surface area contributed by atoms with Gasteiger partial charge in [-0.2, -0.15) is 0 Å². The molecular weight excluding hydrogens is 319 g/mol. The summed E-state index contributed by atoms with van der Waals surface area (Å²) in [4.78, 5) is 10.1. The van der Waals surface area contributed by atoms with Gasteiger partial charge in [0.25, 0.3) is 0 Å². The first-order valence-corrected chi connectivity index (χ1v) is 6.67. The summed E-state index contributed by atoms with van der Waals surface area (Å²) in [7, 11) is 3.18. The maximum atomic E-state index is 10.7. The molecule has 1 N–H and O–H groups in total. The summed E-state index contributed by atoms with van der Waals surface area (Å²) in [5.41, 5.74) is 0.634. The predicted octanol–water partition coefficient (Wildman–Crippen LogP) is 3.81. The van der Waals surface area contributed by atoms with Crippen molar-refractivity contribution in [1.29, 1.82) is 0 Å². The van der Waals surface area contributed by atoms with Gasteiger partial charge in [0, 0.05) is 11.1 Å². The Bertz CT molecular complexity index is 672. The van der Waals surface area contributed by atoms with Gasteiger partial charge in [0.15, 0.2) is 0 Å². The Morgan fingerprint density at radius 1 is 1.33 bits per heavy atom. The molecule has 0 saturated heterocycles. The molecule has 0 radical (unpaired) electrons.